The number of rotatable bonds is 4. The lowest BCUT2D eigenvalue weighted by molar-refractivity contribution is 0.0500. The molecule has 4 heteroatoms. The van der Waals surface area contributed by atoms with Gasteiger partial charge in [-0.2, -0.15) is 0 Å². The Hall–Kier alpha value is -0.730. The maximum Gasteiger partial charge on any atom is 0.341 e. The van der Waals surface area contributed by atoms with E-state index in [0.717, 1.165) is 12.8 Å². The second-order valence-electron chi connectivity index (χ2n) is 3.09. The van der Waals surface area contributed by atoms with Crippen molar-refractivity contribution >= 4 is 29.2 Å². The Morgan fingerprint density at radius 1 is 1.33 bits per heavy atom. The van der Waals surface area contributed by atoms with E-state index in [1.165, 1.54) is 0 Å². The van der Waals surface area contributed by atoms with Gasteiger partial charge in [0, 0.05) is 0 Å². The van der Waals surface area contributed by atoms with Gasteiger partial charge in [-0.1, -0.05) is 42.6 Å². The summed E-state index contributed by atoms with van der Waals surface area (Å²) in [6.45, 7) is 2.42. The second kappa shape index (κ2) is 5.99. The van der Waals surface area contributed by atoms with Crippen molar-refractivity contribution < 1.29 is 9.53 Å². The Bertz CT molecular complexity index is 330. The van der Waals surface area contributed by atoms with Gasteiger partial charge in [0.25, 0.3) is 0 Å². The first-order chi connectivity index (χ1) is 7.16. The molecule has 0 N–H and O–H groups in total. The molecule has 0 unspecified atom stereocenters. The summed E-state index contributed by atoms with van der Waals surface area (Å²) >= 11 is 11.7. The number of benzene rings is 1. The number of carbonyl (C=O) groups excluding carboxylic acids is 1. The fourth-order valence-corrected chi connectivity index (χ4v) is 1.63. The molecule has 0 aliphatic carbocycles. The largest absolute Gasteiger partial charge is 0.462 e. The molecule has 2 nitrogen and oxygen atoms in total. The highest BCUT2D eigenvalue weighted by molar-refractivity contribution is 6.39. The minimum absolute atomic E-state index is 0.247. The Labute approximate surface area is 99.1 Å². The first-order valence-electron chi connectivity index (χ1n) is 4.78. The zero-order chi connectivity index (χ0) is 11.3. The number of hydrogen-bond acceptors (Lipinski definition) is 2. The number of hydrogen-bond donors (Lipinski definition) is 0. The zero-order valence-corrected chi connectivity index (χ0v) is 9.94. The summed E-state index contributed by atoms with van der Waals surface area (Å²) in [4.78, 5) is 11.6. The lowest BCUT2D eigenvalue weighted by atomic mass is 10.2. The van der Waals surface area contributed by atoms with Crippen molar-refractivity contribution in [3.05, 3.63) is 33.8 Å². The number of esters is 1. The SMILES string of the molecule is CCCCOC(=O)c1c(Cl)cccc1Cl. The molecule has 0 saturated carbocycles. The fraction of sp³-hybridized carbons (Fsp3) is 0.364. The standard InChI is InChI=1S/C11H12Cl2O2/c1-2-3-7-15-11(14)10-8(12)5-4-6-9(10)13/h4-6H,2-3,7H2,1H3. The Morgan fingerprint density at radius 3 is 2.47 bits per heavy atom. The zero-order valence-electron chi connectivity index (χ0n) is 8.43. The van der Waals surface area contributed by atoms with Gasteiger partial charge >= 0.3 is 5.97 Å². The van der Waals surface area contributed by atoms with Crippen molar-refractivity contribution in [1.29, 1.82) is 0 Å². The molecule has 15 heavy (non-hydrogen) atoms. The van der Waals surface area contributed by atoms with Crippen LogP contribution >= 0.6 is 23.2 Å². The third kappa shape index (κ3) is 3.40. The van der Waals surface area contributed by atoms with Crippen molar-refractivity contribution in [3.8, 4) is 0 Å². The van der Waals surface area contributed by atoms with Crippen LogP contribution in [-0.2, 0) is 4.74 Å². The number of carbonyl (C=O) groups is 1. The van der Waals surface area contributed by atoms with E-state index in [9.17, 15) is 4.79 Å². The molecule has 0 aliphatic rings. The minimum atomic E-state index is -0.459. The van der Waals surface area contributed by atoms with Crippen LogP contribution in [0.5, 0.6) is 0 Å². The van der Waals surface area contributed by atoms with Gasteiger partial charge in [0.2, 0.25) is 0 Å². The van der Waals surface area contributed by atoms with Crippen LogP contribution in [0.1, 0.15) is 30.1 Å². The van der Waals surface area contributed by atoms with Crippen LogP contribution in [-0.4, -0.2) is 12.6 Å². The van der Waals surface area contributed by atoms with Gasteiger partial charge in [-0.05, 0) is 18.6 Å². The fourth-order valence-electron chi connectivity index (χ4n) is 1.07. The molecule has 1 aromatic carbocycles. The summed E-state index contributed by atoms with van der Waals surface area (Å²) in [6.07, 6.45) is 1.82. The van der Waals surface area contributed by atoms with E-state index in [4.69, 9.17) is 27.9 Å². The Balaban J connectivity index is 2.73. The summed E-state index contributed by atoms with van der Waals surface area (Å²) < 4.78 is 5.02. The van der Waals surface area contributed by atoms with Gasteiger partial charge in [-0.15, -0.1) is 0 Å². The van der Waals surface area contributed by atoms with Gasteiger partial charge in [-0.3, -0.25) is 0 Å². The molecular weight excluding hydrogens is 235 g/mol. The van der Waals surface area contributed by atoms with Crippen molar-refractivity contribution in [3.63, 3.8) is 0 Å². The normalized spacial score (nSPS) is 10.1. The molecular formula is C11H12Cl2O2. The van der Waals surface area contributed by atoms with Crippen molar-refractivity contribution in [2.75, 3.05) is 6.61 Å². The highest BCUT2D eigenvalue weighted by atomic mass is 35.5. The van der Waals surface area contributed by atoms with Crippen molar-refractivity contribution in [2.24, 2.45) is 0 Å². The molecule has 0 atom stereocenters. The van der Waals surface area contributed by atoms with Gasteiger partial charge in [0.15, 0.2) is 0 Å². The monoisotopic (exact) mass is 246 g/mol. The smallest absolute Gasteiger partial charge is 0.341 e. The highest BCUT2D eigenvalue weighted by Crippen LogP contribution is 2.24. The molecule has 0 saturated heterocycles. The Kier molecular flexibility index (Phi) is 4.92. The van der Waals surface area contributed by atoms with Crippen LogP contribution in [0.3, 0.4) is 0 Å². The van der Waals surface area contributed by atoms with Crippen LogP contribution in [0.25, 0.3) is 0 Å². The van der Waals surface area contributed by atoms with Crippen LogP contribution in [0.4, 0.5) is 0 Å². The van der Waals surface area contributed by atoms with Gasteiger partial charge in [-0.25, -0.2) is 4.79 Å². The maximum atomic E-state index is 11.6. The van der Waals surface area contributed by atoms with E-state index < -0.39 is 5.97 Å². The molecule has 0 spiro atoms. The third-order valence-electron chi connectivity index (χ3n) is 1.90. The lowest BCUT2D eigenvalue weighted by Crippen LogP contribution is -2.07. The molecule has 0 fully saturated rings. The second-order valence-corrected chi connectivity index (χ2v) is 3.90. The van der Waals surface area contributed by atoms with E-state index >= 15 is 0 Å². The van der Waals surface area contributed by atoms with Gasteiger partial charge in [0.1, 0.15) is 0 Å². The van der Waals surface area contributed by atoms with E-state index in [-0.39, 0.29) is 5.56 Å². The molecule has 82 valence electrons. The first kappa shape index (κ1) is 12.3. The van der Waals surface area contributed by atoms with Crippen LogP contribution < -0.4 is 0 Å². The van der Waals surface area contributed by atoms with Crippen LogP contribution in [0, 0.1) is 0 Å². The predicted octanol–water partition coefficient (Wildman–Crippen LogP) is 3.95. The topological polar surface area (TPSA) is 26.3 Å². The number of unbranched alkanes of at least 4 members (excludes halogenated alkanes) is 1. The number of ether oxygens (including phenoxy) is 1. The van der Waals surface area contributed by atoms with Crippen molar-refractivity contribution in [2.45, 2.75) is 19.8 Å². The van der Waals surface area contributed by atoms with Gasteiger partial charge < -0.3 is 4.74 Å². The quantitative estimate of drug-likeness (QED) is 0.594. The summed E-state index contributed by atoms with van der Waals surface area (Å²) in [5.41, 5.74) is 0.247. The van der Waals surface area contributed by atoms with Crippen LogP contribution in [0.2, 0.25) is 10.0 Å². The summed E-state index contributed by atoms with van der Waals surface area (Å²) in [5.74, 6) is -0.459. The molecule has 0 amide bonds. The maximum absolute atomic E-state index is 11.6. The molecule has 0 aliphatic heterocycles. The van der Waals surface area contributed by atoms with E-state index in [2.05, 4.69) is 0 Å². The molecule has 0 heterocycles. The Morgan fingerprint density at radius 2 is 1.93 bits per heavy atom. The minimum Gasteiger partial charge on any atom is -0.462 e. The predicted molar refractivity (Wildman–Crippen MR) is 61.7 cm³/mol. The van der Waals surface area contributed by atoms with E-state index in [1.807, 2.05) is 6.92 Å². The molecule has 1 rings (SSSR count). The average Bonchev–Trinajstić information content (AvgIpc) is 2.18. The van der Waals surface area contributed by atoms with Gasteiger partial charge in [0.05, 0.1) is 22.2 Å². The average molecular weight is 247 g/mol. The molecule has 0 aromatic heterocycles. The summed E-state index contributed by atoms with van der Waals surface area (Å²) in [7, 11) is 0. The molecule has 1 aromatic rings. The van der Waals surface area contributed by atoms with E-state index in [1.54, 1.807) is 18.2 Å². The van der Waals surface area contributed by atoms with E-state index in [0.29, 0.717) is 16.7 Å². The number of halogens is 2. The summed E-state index contributed by atoms with van der Waals surface area (Å²) in [5, 5.41) is 0.646. The lowest BCUT2D eigenvalue weighted by Gasteiger charge is -2.06. The van der Waals surface area contributed by atoms with Crippen LogP contribution in [0.15, 0.2) is 18.2 Å². The van der Waals surface area contributed by atoms with Crippen molar-refractivity contribution in [1.82, 2.24) is 0 Å². The highest BCUT2D eigenvalue weighted by Gasteiger charge is 2.15. The molecule has 0 radical (unpaired) electrons. The molecule has 0 bridgehead atoms. The third-order valence-corrected chi connectivity index (χ3v) is 2.53. The summed E-state index contributed by atoms with van der Waals surface area (Å²) in [6, 6.07) is 4.92. The first-order valence-corrected chi connectivity index (χ1v) is 5.53.